The molecule has 0 saturated carbocycles. The molecule has 0 aromatic heterocycles. The Hall–Kier alpha value is -1.57. The molecule has 0 aromatic rings. The van der Waals surface area contributed by atoms with Crippen LogP contribution in [0.5, 0.6) is 0 Å². The van der Waals surface area contributed by atoms with Crippen molar-refractivity contribution < 1.29 is 9.59 Å². The van der Waals surface area contributed by atoms with Crippen molar-refractivity contribution in [1.82, 2.24) is 9.80 Å². The Morgan fingerprint density at radius 1 is 1.56 bits per heavy atom. The van der Waals surface area contributed by atoms with Crippen LogP contribution in [-0.2, 0) is 9.59 Å². The molecule has 16 heavy (non-hydrogen) atoms. The number of piperazine rings is 1. The lowest BCUT2D eigenvalue weighted by atomic mass is 10.1. The van der Waals surface area contributed by atoms with Crippen LogP contribution in [0.3, 0.4) is 0 Å². The molecular weight excluding hydrogens is 206 g/mol. The van der Waals surface area contributed by atoms with Crippen LogP contribution >= 0.6 is 0 Å². The molecule has 0 N–H and O–H groups in total. The third kappa shape index (κ3) is 1.75. The summed E-state index contributed by atoms with van der Waals surface area (Å²) in [5.74, 6) is -0.184. The van der Waals surface area contributed by atoms with E-state index in [1.165, 1.54) is 4.90 Å². The Balaban J connectivity index is 2.09. The van der Waals surface area contributed by atoms with Crippen molar-refractivity contribution in [3.8, 4) is 6.07 Å². The fourth-order valence-electron chi connectivity index (χ4n) is 2.39. The maximum absolute atomic E-state index is 12.0. The average molecular weight is 221 g/mol. The first-order valence-electron chi connectivity index (χ1n) is 5.61. The van der Waals surface area contributed by atoms with Crippen LogP contribution in [-0.4, -0.2) is 47.3 Å². The van der Waals surface area contributed by atoms with Crippen LogP contribution in [0, 0.1) is 17.2 Å². The third-order valence-corrected chi connectivity index (χ3v) is 3.21. The van der Waals surface area contributed by atoms with Gasteiger partial charge in [-0.15, -0.1) is 0 Å². The summed E-state index contributed by atoms with van der Waals surface area (Å²) < 4.78 is 0. The van der Waals surface area contributed by atoms with Gasteiger partial charge in [-0.05, 0) is 19.8 Å². The molecule has 86 valence electrons. The van der Waals surface area contributed by atoms with Crippen molar-refractivity contribution in [2.45, 2.75) is 25.8 Å². The van der Waals surface area contributed by atoms with Crippen molar-refractivity contribution in [3.63, 3.8) is 0 Å². The van der Waals surface area contributed by atoms with Gasteiger partial charge in [0.25, 0.3) is 0 Å². The van der Waals surface area contributed by atoms with Gasteiger partial charge in [-0.2, -0.15) is 5.26 Å². The Kier molecular flexibility index (Phi) is 2.82. The molecule has 2 fully saturated rings. The minimum absolute atomic E-state index is 0.0131. The van der Waals surface area contributed by atoms with Crippen molar-refractivity contribution in [2.24, 2.45) is 5.92 Å². The van der Waals surface area contributed by atoms with Crippen molar-refractivity contribution in [3.05, 3.63) is 0 Å². The van der Waals surface area contributed by atoms with Crippen molar-refractivity contribution in [2.75, 3.05) is 19.6 Å². The highest BCUT2D eigenvalue weighted by Gasteiger charge is 2.41. The molecule has 0 aliphatic carbocycles. The molecule has 2 atom stereocenters. The van der Waals surface area contributed by atoms with E-state index in [1.54, 1.807) is 11.8 Å². The molecule has 2 rings (SSSR count). The molecular formula is C11H15N3O2. The Bertz CT molecular complexity index is 361. The molecule has 2 heterocycles. The monoisotopic (exact) mass is 221 g/mol. The summed E-state index contributed by atoms with van der Waals surface area (Å²) in [6.45, 7) is 2.97. The lowest BCUT2D eigenvalue weighted by Crippen LogP contribution is -2.57. The predicted octanol–water partition coefficient (Wildman–Crippen LogP) is -0.0207. The van der Waals surface area contributed by atoms with Gasteiger partial charge in [0, 0.05) is 13.1 Å². The highest BCUT2D eigenvalue weighted by molar-refractivity contribution is 5.95. The van der Waals surface area contributed by atoms with E-state index in [0.29, 0.717) is 13.1 Å². The van der Waals surface area contributed by atoms with Crippen LogP contribution in [0.1, 0.15) is 19.8 Å². The van der Waals surface area contributed by atoms with Gasteiger partial charge in [0.15, 0.2) is 0 Å². The molecule has 5 nitrogen and oxygen atoms in total. The van der Waals surface area contributed by atoms with E-state index >= 15 is 0 Å². The quantitative estimate of drug-likeness (QED) is 0.658. The van der Waals surface area contributed by atoms with Gasteiger partial charge in [-0.3, -0.25) is 9.59 Å². The molecule has 0 bridgehead atoms. The molecule has 5 heteroatoms. The fraction of sp³-hybridized carbons (Fsp3) is 0.727. The van der Waals surface area contributed by atoms with Crippen LogP contribution < -0.4 is 0 Å². The number of rotatable bonds is 2. The number of carbonyl (C=O) groups excluding carboxylic acids is 2. The van der Waals surface area contributed by atoms with Gasteiger partial charge in [-0.1, -0.05) is 0 Å². The number of hydrogen-bond acceptors (Lipinski definition) is 3. The largest absolute Gasteiger partial charge is 0.330 e. The maximum atomic E-state index is 12.0. The second-order valence-corrected chi connectivity index (χ2v) is 4.49. The van der Waals surface area contributed by atoms with Crippen molar-refractivity contribution in [1.29, 1.82) is 5.26 Å². The van der Waals surface area contributed by atoms with Gasteiger partial charge in [0.2, 0.25) is 11.8 Å². The molecule has 2 amide bonds. The summed E-state index contributed by atoms with van der Waals surface area (Å²) in [5, 5.41) is 8.72. The van der Waals surface area contributed by atoms with Gasteiger partial charge >= 0.3 is 0 Å². The van der Waals surface area contributed by atoms with E-state index < -0.39 is 0 Å². The van der Waals surface area contributed by atoms with Crippen molar-refractivity contribution >= 4 is 11.8 Å². The number of fused-ring (bicyclic) bond motifs is 1. The molecule has 2 aliphatic rings. The van der Waals surface area contributed by atoms with E-state index in [0.717, 1.165) is 12.8 Å². The first-order chi connectivity index (χ1) is 7.63. The van der Waals surface area contributed by atoms with Crippen LogP contribution in [0.4, 0.5) is 0 Å². The summed E-state index contributed by atoms with van der Waals surface area (Å²) >= 11 is 0. The number of carbonyl (C=O) groups is 2. The molecule has 0 radical (unpaired) electrons. The standard InChI is InChI=1S/C11H15N3O2/c1-8(5-12)6-13-7-10(15)14-4-2-3-9(14)11(13)16/h8-9H,2-4,6-7H2,1H3. The summed E-state index contributed by atoms with van der Waals surface area (Å²) in [6, 6.07) is 1.83. The maximum Gasteiger partial charge on any atom is 0.245 e. The highest BCUT2D eigenvalue weighted by Crippen LogP contribution is 2.23. The van der Waals surface area contributed by atoms with Crippen LogP contribution in [0.2, 0.25) is 0 Å². The lowest BCUT2D eigenvalue weighted by molar-refractivity contribution is -0.153. The summed E-state index contributed by atoms with van der Waals surface area (Å²) in [4.78, 5) is 27.0. The molecule has 2 unspecified atom stereocenters. The van der Waals surface area contributed by atoms with E-state index in [2.05, 4.69) is 6.07 Å². The molecule has 0 spiro atoms. The van der Waals surface area contributed by atoms with Gasteiger partial charge in [-0.25, -0.2) is 0 Å². The van der Waals surface area contributed by atoms with E-state index in [1.807, 2.05) is 0 Å². The number of nitrogens with zero attached hydrogens (tertiary/aromatic N) is 3. The number of amides is 2. The zero-order valence-electron chi connectivity index (χ0n) is 9.35. The molecule has 2 saturated heterocycles. The van der Waals surface area contributed by atoms with Crippen LogP contribution in [0.15, 0.2) is 0 Å². The molecule has 2 aliphatic heterocycles. The SMILES string of the molecule is CC(C#N)CN1CC(=O)N2CCCC2C1=O. The highest BCUT2D eigenvalue weighted by atomic mass is 16.2. The first kappa shape index (κ1) is 10.9. The second-order valence-electron chi connectivity index (χ2n) is 4.49. The van der Waals surface area contributed by atoms with Gasteiger partial charge < -0.3 is 9.80 Å². The Labute approximate surface area is 94.6 Å². The zero-order chi connectivity index (χ0) is 11.7. The minimum Gasteiger partial charge on any atom is -0.330 e. The summed E-state index contributed by atoms with van der Waals surface area (Å²) in [5.41, 5.74) is 0. The molecule has 0 aromatic carbocycles. The van der Waals surface area contributed by atoms with Crippen LogP contribution in [0.25, 0.3) is 0 Å². The summed E-state index contributed by atoms with van der Waals surface area (Å²) in [7, 11) is 0. The third-order valence-electron chi connectivity index (χ3n) is 3.21. The van der Waals surface area contributed by atoms with Gasteiger partial charge in [0.05, 0.1) is 18.5 Å². The van der Waals surface area contributed by atoms with Gasteiger partial charge in [0.1, 0.15) is 6.04 Å². The number of hydrogen-bond donors (Lipinski definition) is 0. The average Bonchev–Trinajstić information content (AvgIpc) is 2.74. The second kappa shape index (κ2) is 4.12. The number of nitriles is 1. The van der Waals surface area contributed by atoms with E-state index in [4.69, 9.17) is 5.26 Å². The Morgan fingerprint density at radius 3 is 3.00 bits per heavy atom. The van der Waals surface area contributed by atoms with E-state index in [-0.39, 0.29) is 30.3 Å². The predicted molar refractivity (Wildman–Crippen MR) is 56.1 cm³/mol. The lowest BCUT2D eigenvalue weighted by Gasteiger charge is -2.36. The fourth-order valence-corrected chi connectivity index (χ4v) is 2.39. The summed E-state index contributed by atoms with van der Waals surface area (Å²) in [6.07, 6.45) is 1.67. The normalized spacial score (nSPS) is 26.6. The zero-order valence-corrected chi connectivity index (χ0v) is 9.35. The van der Waals surface area contributed by atoms with E-state index in [9.17, 15) is 9.59 Å². The Morgan fingerprint density at radius 2 is 2.31 bits per heavy atom. The first-order valence-corrected chi connectivity index (χ1v) is 5.61. The minimum atomic E-state index is -0.257. The topological polar surface area (TPSA) is 64.4 Å². The smallest absolute Gasteiger partial charge is 0.245 e.